The largest absolute Gasteiger partial charge is 0.496 e. The van der Waals surface area contributed by atoms with Crippen LogP contribution in [-0.4, -0.2) is 24.5 Å². The van der Waals surface area contributed by atoms with Gasteiger partial charge in [-0.1, -0.05) is 35.9 Å². The monoisotopic (exact) mass is 507 g/mol. The molecule has 3 aromatic carbocycles. The maximum atomic E-state index is 12.7. The molecule has 0 radical (unpaired) electrons. The molecule has 0 unspecified atom stereocenters. The van der Waals surface area contributed by atoms with Crippen LogP contribution in [0.4, 0.5) is 11.4 Å². The van der Waals surface area contributed by atoms with Crippen molar-refractivity contribution < 1.29 is 23.9 Å². The Balaban J connectivity index is 1.83. The lowest BCUT2D eigenvalue weighted by Crippen LogP contribution is -2.14. The molecule has 3 rings (SSSR count). The summed E-state index contributed by atoms with van der Waals surface area (Å²) in [5.41, 5.74) is 0.623. The number of nitriles is 1. The van der Waals surface area contributed by atoms with Gasteiger partial charge in [-0.3, -0.25) is 14.9 Å². The molecule has 10 heteroatoms. The van der Waals surface area contributed by atoms with Crippen molar-refractivity contribution in [3.05, 3.63) is 92.5 Å². The highest BCUT2D eigenvalue weighted by Crippen LogP contribution is 2.32. The molecular formula is C26H22ClN3O6. The molecule has 0 saturated carbocycles. The summed E-state index contributed by atoms with van der Waals surface area (Å²) in [7, 11) is 1.37. The molecule has 3 aromatic rings. The molecule has 0 aliphatic heterocycles. The van der Waals surface area contributed by atoms with Gasteiger partial charge < -0.3 is 19.5 Å². The zero-order valence-electron chi connectivity index (χ0n) is 19.5. The van der Waals surface area contributed by atoms with Crippen molar-refractivity contribution in [2.45, 2.75) is 13.5 Å². The molecular weight excluding hydrogens is 486 g/mol. The molecule has 0 aliphatic carbocycles. The number of nitrogens with zero attached hydrogens (tertiary/aromatic N) is 2. The van der Waals surface area contributed by atoms with Gasteiger partial charge in [0.2, 0.25) is 0 Å². The second kappa shape index (κ2) is 12.2. The molecule has 36 heavy (non-hydrogen) atoms. The number of halogens is 1. The fourth-order valence-electron chi connectivity index (χ4n) is 3.17. The number of ether oxygens (including phenoxy) is 3. The maximum Gasteiger partial charge on any atom is 0.296 e. The Kier molecular flexibility index (Phi) is 8.86. The molecule has 0 saturated heterocycles. The zero-order valence-corrected chi connectivity index (χ0v) is 20.2. The summed E-state index contributed by atoms with van der Waals surface area (Å²) < 4.78 is 16.5. The molecule has 0 bridgehead atoms. The van der Waals surface area contributed by atoms with Crippen LogP contribution in [0, 0.1) is 21.4 Å². The number of carbonyl (C=O) groups is 1. The van der Waals surface area contributed by atoms with E-state index in [4.69, 9.17) is 25.8 Å². The number of hydrogen-bond acceptors (Lipinski definition) is 7. The van der Waals surface area contributed by atoms with E-state index in [9.17, 15) is 20.2 Å². The lowest BCUT2D eigenvalue weighted by molar-refractivity contribution is -0.384. The van der Waals surface area contributed by atoms with Crippen molar-refractivity contribution in [3.8, 4) is 23.3 Å². The smallest absolute Gasteiger partial charge is 0.296 e. The van der Waals surface area contributed by atoms with Crippen LogP contribution in [0.3, 0.4) is 0 Å². The minimum absolute atomic E-state index is 0.0646. The Bertz CT molecular complexity index is 1350. The first-order chi connectivity index (χ1) is 17.4. The van der Waals surface area contributed by atoms with Gasteiger partial charge in [-0.2, -0.15) is 5.26 Å². The van der Waals surface area contributed by atoms with E-state index in [0.717, 1.165) is 5.56 Å². The molecule has 184 valence electrons. The summed E-state index contributed by atoms with van der Waals surface area (Å²) in [6, 6.07) is 18.1. The highest BCUT2D eigenvalue weighted by atomic mass is 35.5. The van der Waals surface area contributed by atoms with Crippen LogP contribution in [0.25, 0.3) is 6.08 Å². The Morgan fingerprint density at radius 2 is 1.92 bits per heavy atom. The van der Waals surface area contributed by atoms with E-state index in [1.54, 1.807) is 24.3 Å². The average molecular weight is 508 g/mol. The van der Waals surface area contributed by atoms with E-state index in [1.807, 2.05) is 31.2 Å². The second-order valence-electron chi connectivity index (χ2n) is 7.28. The summed E-state index contributed by atoms with van der Waals surface area (Å²) in [5, 5.41) is 23.9. The minimum Gasteiger partial charge on any atom is -0.496 e. The van der Waals surface area contributed by atoms with Gasteiger partial charge in [-0.15, -0.1) is 0 Å². The van der Waals surface area contributed by atoms with Crippen molar-refractivity contribution in [1.82, 2.24) is 0 Å². The van der Waals surface area contributed by atoms with Crippen LogP contribution in [0.15, 0.2) is 66.2 Å². The predicted molar refractivity (Wildman–Crippen MR) is 135 cm³/mol. The molecule has 0 fully saturated rings. The maximum absolute atomic E-state index is 12.7. The van der Waals surface area contributed by atoms with E-state index >= 15 is 0 Å². The van der Waals surface area contributed by atoms with Crippen molar-refractivity contribution in [1.29, 1.82) is 5.26 Å². The molecule has 9 nitrogen and oxygen atoms in total. The van der Waals surface area contributed by atoms with Gasteiger partial charge in [0.25, 0.3) is 11.6 Å². The average Bonchev–Trinajstić information content (AvgIpc) is 2.87. The number of carbonyl (C=O) groups excluding carboxylic acids is 1. The van der Waals surface area contributed by atoms with Gasteiger partial charge >= 0.3 is 0 Å². The van der Waals surface area contributed by atoms with Crippen molar-refractivity contribution in [3.63, 3.8) is 0 Å². The Morgan fingerprint density at radius 1 is 1.14 bits per heavy atom. The molecule has 1 amide bonds. The normalized spacial score (nSPS) is 10.8. The van der Waals surface area contributed by atoms with Crippen LogP contribution in [0.5, 0.6) is 17.2 Å². The number of nitro groups is 1. The summed E-state index contributed by atoms with van der Waals surface area (Å²) >= 11 is 6.19. The third-order valence-electron chi connectivity index (χ3n) is 4.93. The molecule has 0 aromatic heterocycles. The number of benzene rings is 3. The Hall–Kier alpha value is -4.55. The fourth-order valence-corrected chi connectivity index (χ4v) is 3.36. The minimum atomic E-state index is -0.803. The van der Waals surface area contributed by atoms with E-state index in [1.165, 1.54) is 31.4 Å². The highest BCUT2D eigenvalue weighted by molar-refractivity contribution is 6.31. The number of methoxy groups -OCH3 is 1. The first-order valence-electron chi connectivity index (χ1n) is 10.7. The SMILES string of the molecule is CCOc1cc(/C=C(\C#N)C(=O)Nc2ccc(OC)cc2[N+](=O)[O-])ccc1OCc1ccccc1Cl. The number of amides is 1. The van der Waals surface area contributed by atoms with Gasteiger partial charge in [0, 0.05) is 10.6 Å². The van der Waals surface area contributed by atoms with Gasteiger partial charge in [-0.05, 0) is 48.9 Å². The fraction of sp³-hybridized carbons (Fsp3) is 0.154. The number of rotatable bonds is 10. The highest BCUT2D eigenvalue weighted by Gasteiger charge is 2.19. The lowest BCUT2D eigenvalue weighted by Gasteiger charge is -2.13. The Morgan fingerprint density at radius 3 is 2.58 bits per heavy atom. The van der Waals surface area contributed by atoms with Crippen LogP contribution >= 0.6 is 11.6 Å². The van der Waals surface area contributed by atoms with E-state index in [0.29, 0.717) is 28.7 Å². The molecule has 0 atom stereocenters. The predicted octanol–water partition coefficient (Wildman–Crippen LogP) is 5.78. The number of anilines is 1. The second-order valence-corrected chi connectivity index (χ2v) is 7.69. The summed E-state index contributed by atoms with van der Waals surface area (Å²) in [5.74, 6) is 0.339. The van der Waals surface area contributed by atoms with Gasteiger partial charge in [-0.25, -0.2) is 0 Å². The standard InChI is InChI=1S/C26H22ClN3O6/c1-3-35-25-13-17(8-11-24(25)36-16-18-6-4-5-7-21(18)27)12-19(15-28)26(31)29-22-10-9-20(34-2)14-23(22)30(32)33/h4-14H,3,16H2,1-2H3,(H,29,31)/b19-12+. The molecule has 1 N–H and O–H groups in total. The third kappa shape index (κ3) is 6.52. The van der Waals surface area contributed by atoms with Gasteiger partial charge in [0.05, 0.1) is 24.7 Å². The molecule has 0 spiro atoms. The van der Waals surface area contributed by atoms with Crippen LogP contribution in [0.2, 0.25) is 5.02 Å². The number of hydrogen-bond donors (Lipinski definition) is 1. The first kappa shape index (κ1) is 26.1. The number of nitrogens with one attached hydrogen (secondary N) is 1. The van der Waals surface area contributed by atoms with Crippen LogP contribution in [0.1, 0.15) is 18.1 Å². The summed E-state index contributed by atoms with van der Waals surface area (Å²) in [6.07, 6.45) is 1.35. The van der Waals surface area contributed by atoms with E-state index in [2.05, 4.69) is 5.32 Å². The lowest BCUT2D eigenvalue weighted by atomic mass is 10.1. The molecule has 0 heterocycles. The summed E-state index contributed by atoms with van der Waals surface area (Å²) in [4.78, 5) is 23.5. The summed E-state index contributed by atoms with van der Waals surface area (Å²) in [6.45, 7) is 2.40. The Labute approximate surface area is 212 Å². The quantitative estimate of drug-likeness (QED) is 0.159. The first-order valence-corrected chi connectivity index (χ1v) is 11.1. The zero-order chi connectivity index (χ0) is 26.1. The van der Waals surface area contributed by atoms with Crippen molar-refractivity contribution in [2.75, 3.05) is 19.0 Å². The third-order valence-corrected chi connectivity index (χ3v) is 5.30. The number of nitro benzene ring substituents is 1. The van der Waals surface area contributed by atoms with Crippen LogP contribution in [-0.2, 0) is 11.4 Å². The van der Waals surface area contributed by atoms with Crippen molar-refractivity contribution >= 4 is 35.0 Å². The van der Waals surface area contributed by atoms with Gasteiger partial charge in [0.15, 0.2) is 11.5 Å². The molecule has 0 aliphatic rings. The van der Waals surface area contributed by atoms with E-state index in [-0.39, 0.29) is 29.3 Å². The van der Waals surface area contributed by atoms with Crippen LogP contribution < -0.4 is 19.5 Å². The van der Waals surface area contributed by atoms with Gasteiger partial charge in [0.1, 0.15) is 29.7 Å². The van der Waals surface area contributed by atoms with Crippen molar-refractivity contribution in [2.24, 2.45) is 0 Å². The topological polar surface area (TPSA) is 124 Å². The van der Waals surface area contributed by atoms with E-state index < -0.39 is 10.8 Å².